The van der Waals surface area contributed by atoms with E-state index in [1.807, 2.05) is 18.4 Å². The van der Waals surface area contributed by atoms with E-state index in [4.69, 9.17) is 11.6 Å². The third-order valence-electron chi connectivity index (χ3n) is 4.22. The highest BCUT2D eigenvalue weighted by Gasteiger charge is 2.23. The predicted molar refractivity (Wildman–Crippen MR) is 116 cm³/mol. The molecule has 2 aromatic carbocycles. The maximum atomic E-state index is 14.3. The fourth-order valence-corrected chi connectivity index (χ4v) is 3.86. The molecule has 0 fully saturated rings. The number of anilines is 1. The first-order valence-corrected chi connectivity index (χ1v) is 10.6. The van der Waals surface area contributed by atoms with E-state index in [1.165, 1.54) is 30.0 Å². The molecule has 3 aromatic rings. The van der Waals surface area contributed by atoms with E-state index < -0.39 is 11.1 Å². The Morgan fingerprint density at radius 3 is 2.57 bits per heavy atom. The van der Waals surface area contributed by atoms with Gasteiger partial charge in [0.25, 0.3) is 0 Å². The van der Waals surface area contributed by atoms with E-state index >= 15 is 0 Å². The second-order valence-electron chi connectivity index (χ2n) is 7.16. The van der Waals surface area contributed by atoms with Crippen molar-refractivity contribution >= 4 is 35.0 Å². The molecule has 1 N–H and O–H groups in total. The molecule has 0 spiro atoms. The van der Waals surface area contributed by atoms with E-state index in [0.717, 1.165) is 6.07 Å². The molecule has 0 saturated heterocycles. The molecule has 1 aromatic heterocycles. The fraction of sp³-hybridized carbons (Fsp3) is 0.286. The van der Waals surface area contributed by atoms with E-state index in [2.05, 4.69) is 15.5 Å². The Morgan fingerprint density at radius 1 is 1.17 bits per heavy atom. The normalized spacial score (nSPS) is 12.2. The topological polar surface area (TPSA) is 59.8 Å². The van der Waals surface area contributed by atoms with Crippen LogP contribution >= 0.6 is 23.4 Å². The predicted octanol–water partition coefficient (Wildman–Crippen LogP) is 5.65. The number of aromatic nitrogens is 3. The second kappa shape index (κ2) is 9.57. The lowest BCUT2D eigenvalue weighted by Crippen LogP contribution is -2.23. The van der Waals surface area contributed by atoms with Crippen molar-refractivity contribution < 1.29 is 13.6 Å². The lowest BCUT2D eigenvalue weighted by atomic mass is 10.2. The zero-order valence-electron chi connectivity index (χ0n) is 16.7. The first kappa shape index (κ1) is 22.2. The molecular formula is C21H21ClF2N4OS. The molecule has 5 nitrogen and oxygen atoms in total. The number of nitrogens with one attached hydrogen (secondary N) is 1. The van der Waals surface area contributed by atoms with Crippen molar-refractivity contribution in [3.05, 3.63) is 59.1 Å². The van der Waals surface area contributed by atoms with E-state index in [9.17, 15) is 13.6 Å². The number of carbonyl (C=O) groups is 1. The van der Waals surface area contributed by atoms with Crippen molar-refractivity contribution in [2.45, 2.75) is 37.7 Å². The van der Waals surface area contributed by atoms with Crippen LogP contribution in [0.1, 0.15) is 20.8 Å². The molecule has 0 aliphatic heterocycles. The second-order valence-corrected chi connectivity index (χ2v) is 8.88. The van der Waals surface area contributed by atoms with E-state index in [0.29, 0.717) is 28.8 Å². The number of hydrogen-bond donors (Lipinski definition) is 1. The van der Waals surface area contributed by atoms with Gasteiger partial charge in [0, 0.05) is 6.54 Å². The van der Waals surface area contributed by atoms with Crippen LogP contribution in [0.4, 0.5) is 14.5 Å². The number of rotatable bonds is 7. The molecule has 9 heteroatoms. The molecule has 0 aliphatic carbocycles. The molecule has 1 atom stereocenters. The number of nitrogens with zero attached hydrogens (tertiary/aromatic N) is 3. The van der Waals surface area contributed by atoms with Crippen LogP contribution in [0, 0.1) is 17.6 Å². The minimum Gasteiger partial charge on any atom is -0.324 e. The number of thioether (sulfide) groups is 1. The third kappa shape index (κ3) is 5.17. The van der Waals surface area contributed by atoms with Crippen LogP contribution < -0.4 is 5.32 Å². The summed E-state index contributed by atoms with van der Waals surface area (Å²) >= 11 is 7.19. The van der Waals surface area contributed by atoms with Gasteiger partial charge in [-0.1, -0.05) is 49.3 Å². The van der Waals surface area contributed by atoms with Crippen LogP contribution in [0.2, 0.25) is 5.02 Å². The summed E-state index contributed by atoms with van der Waals surface area (Å²) < 4.78 is 29.3. The molecule has 30 heavy (non-hydrogen) atoms. The van der Waals surface area contributed by atoms with Gasteiger partial charge in [-0.3, -0.25) is 4.79 Å². The molecule has 1 heterocycles. The molecule has 1 amide bonds. The highest BCUT2D eigenvalue weighted by atomic mass is 35.5. The monoisotopic (exact) mass is 450 g/mol. The summed E-state index contributed by atoms with van der Waals surface area (Å²) in [4.78, 5) is 12.6. The smallest absolute Gasteiger partial charge is 0.237 e. The zero-order valence-corrected chi connectivity index (χ0v) is 18.3. The molecule has 158 valence electrons. The van der Waals surface area contributed by atoms with Gasteiger partial charge in [0.2, 0.25) is 5.91 Å². The number of carbonyl (C=O) groups excluding carboxylic acids is 1. The van der Waals surface area contributed by atoms with Crippen LogP contribution in [0.15, 0.2) is 47.6 Å². The number of hydrogen-bond acceptors (Lipinski definition) is 4. The molecule has 1 unspecified atom stereocenters. The Hall–Kier alpha value is -2.45. The lowest BCUT2D eigenvalue weighted by Gasteiger charge is -2.16. The lowest BCUT2D eigenvalue weighted by molar-refractivity contribution is -0.115. The van der Waals surface area contributed by atoms with Crippen molar-refractivity contribution in [1.82, 2.24) is 14.8 Å². The summed E-state index contributed by atoms with van der Waals surface area (Å²) in [5.41, 5.74) is 0.680. The van der Waals surface area contributed by atoms with Gasteiger partial charge < -0.3 is 9.88 Å². The highest BCUT2D eigenvalue weighted by molar-refractivity contribution is 8.00. The average molecular weight is 451 g/mol. The molecular weight excluding hydrogens is 430 g/mol. The molecule has 0 saturated carbocycles. The van der Waals surface area contributed by atoms with Gasteiger partial charge in [-0.2, -0.15) is 0 Å². The first-order valence-electron chi connectivity index (χ1n) is 9.37. The van der Waals surface area contributed by atoms with Gasteiger partial charge in [0.15, 0.2) is 11.0 Å². The standard InChI is InChI=1S/C21H21ClF2N4OS/c1-12(2)11-28-19(15-6-4-5-7-17(15)24)26-27-21(28)30-13(3)20(29)25-18-9-8-14(23)10-16(18)22/h4-10,12-13H,11H2,1-3H3,(H,25,29). The average Bonchev–Trinajstić information content (AvgIpc) is 3.05. The minimum absolute atomic E-state index is 0.116. The fourth-order valence-electron chi connectivity index (χ4n) is 2.78. The maximum absolute atomic E-state index is 14.3. The van der Waals surface area contributed by atoms with E-state index in [-0.39, 0.29) is 22.7 Å². The minimum atomic E-state index is -0.547. The molecule has 3 rings (SSSR count). The quantitative estimate of drug-likeness (QED) is 0.472. The van der Waals surface area contributed by atoms with Crippen molar-refractivity contribution in [2.24, 2.45) is 5.92 Å². The Balaban J connectivity index is 1.83. The number of halogens is 3. The van der Waals surface area contributed by atoms with Gasteiger partial charge >= 0.3 is 0 Å². The van der Waals surface area contributed by atoms with Crippen LogP contribution in [0.25, 0.3) is 11.4 Å². The number of benzene rings is 2. The van der Waals surface area contributed by atoms with Crippen LogP contribution in [-0.4, -0.2) is 25.9 Å². The summed E-state index contributed by atoms with van der Waals surface area (Å²) in [6.45, 7) is 6.35. The van der Waals surface area contributed by atoms with E-state index in [1.54, 1.807) is 25.1 Å². The Kier molecular flexibility index (Phi) is 7.10. The highest BCUT2D eigenvalue weighted by Crippen LogP contribution is 2.30. The third-order valence-corrected chi connectivity index (χ3v) is 5.61. The van der Waals surface area contributed by atoms with Crippen LogP contribution in [0.5, 0.6) is 0 Å². The van der Waals surface area contributed by atoms with Crippen LogP contribution in [0.3, 0.4) is 0 Å². The number of amides is 1. The van der Waals surface area contributed by atoms with Gasteiger partial charge in [0.05, 0.1) is 21.5 Å². The van der Waals surface area contributed by atoms with Crippen LogP contribution in [-0.2, 0) is 11.3 Å². The SMILES string of the molecule is CC(C)Cn1c(SC(C)C(=O)Nc2ccc(F)cc2Cl)nnc1-c1ccccc1F. The Labute approximate surface area is 182 Å². The molecule has 0 aliphatic rings. The van der Waals surface area contributed by atoms with Gasteiger partial charge in [0.1, 0.15) is 11.6 Å². The summed E-state index contributed by atoms with van der Waals surface area (Å²) in [5, 5.41) is 11.1. The summed E-state index contributed by atoms with van der Waals surface area (Å²) in [6, 6.07) is 10.1. The maximum Gasteiger partial charge on any atom is 0.237 e. The zero-order chi connectivity index (χ0) is 21.8. The summed E-state index contributed by atoms with van der Waals surface area (Å²) in [6.07, 6.45) is 0. The van der Waals surface area contributed by atoms with Gasteiger partial charge in [-0.05, 0) is 43.2 Å². The summed E-state index contributed by atoms with van der Waals surface area (Å²) in [5.74, 6) is -0.516. The molecule has 0 radical (unpaired) electrons. The van der Waals surface area contributed by atoms with Gasteiger partial charge in [-0.15, -0.1) is 10.2 Å². The van der Waals surface area contributed by atoms with Gasteiger partial charge in [-0.25, -0.2) is 8.78 Å². The Morgan fingerprint density at radius 2 is 1.90 bits per heavy atom. The Bertz CT molecular complexity index is 1060. The van der Waals surface area contributed by atoms with Crippen molar-refractivity contribution in [3.63, 3.8) is 0 Å². The van der Waals surface area contributed by atoms with Crippen molar-refractivity contribution in [2.75, 3.05) is 5.32 Å². The molecule has 0 bridgehead atoms. The van der Waals surface area contributed by atoms with Crippen molar-refractivity contribution in [3.8, 4) is 11.4 Å². The van der Waals surface area contributed by atoms with Crippen molar-refractivity contribution in [1.29, 1.82) is 0 Å². The largest absolute Gasteiger partial charge is 0.324 e. The summed E-state index contributed by atoms with van der Waals surface area (Å²) in [7, 11) is 0. The first-order chi connectivity index (χ1) is 14.3.